The van der Waals surface area contributed by atoms with Crippen LogP contribution in [0.4, 0.5) is 0 Å². The third-order valence-electron chi connectivity index (χ3n) is 3.61. The van der Waals surface area contributed by atoms with E-state index in [1.165, 1.54) is 24.9 Å². The molecule has 0 amide bonds. The first-order valence-corrected chi connectivity index (χ1v) is 7.54. The Morgan fingerprint density at radius 2 is 1.38 bits per heavy atom. The standard InChI is InChI=1S/C10H22O2Si/c1-5-9-7-13(11-3,12-4)8-10(9)6-2/h9-10H,5-8H2,1-4H3. The van der Waals surface area contributed by atoms with Gasteiger partial charge < -0.3 is 8.85 Å². The van der Waals surface area contributed by atoms with Crippen LogP contribution >= 0.6 is 0 Å². The Bertz CT molecular complexity index is 143. The molecule has 78 valence electrons. The van der Waals surface area contributed by atoms with Gasteiger partial charge in [0.1, 0.15) is 0 Å². The van der Waals surface area contributed by atoms with Crippen molar-refractivity contribution in [3.8, 4) is 0 Å². The van der Waals surface area contributed by atoms with Crippen molar-refractivity contribution in [1.82, 2.24) is 0 Å². The topological polar surface area (TPSA) is 18.5 Å². The molecule has 1 aliphatic heterocycles. The predicted molar refractivity (Wildman–Crippen MR) is 56.9 cm³/mol. The number of hydrogen-bond donors (Lipinski definition) is 0. The van der Waals surface area contributed by atoms with Crippen molar-refractivity contribution >= 4 is 8.56 Å². The minimum Gasteiger partial charge on any atom is -0.398 e. The lowest BCUT2D eigenvalue weighted by atomic mass is 9.92. The molecule has 1 fully saturated rings. The molecule has 2 atom stereocenters. The first-order chi connectivity index (χ1) is 6.21. The maximum absolute atomic E-state index is 5.63. The van der Waals surface area contributed by atoms with E-state index in [-0.39, 0.29) is 0 Å². The van der Waals surface area contributed by atoms with Gasteiger partial charge in [0.05, 0.1) is 0 Å². The summed E-state index contributed by atoms with van der Waals surface area (Å²) in [5.41, 5.74) is 0. The fraction of sp³-hybridized carbons (Fsp3) is 1.00. The van der Waals surface area contributed by atoms with Crippen molar-refractivity contribution in [1.29, 1.82) is 0 Å². The molecule has 0 radical (unpaired) electrons. The van der Waals surface area contributed by atoms with Crippen molar-refractivity contribution in [3.63, 3.8) is 0 Å². The molecule has 1 rings (SSSR count). The Morgan fingerprint density at radius 3 is 1.62 bits per heavy atom. The highest BCUT2D eigenvalue weighted by molar-refractivity contribution is 6.68. The molecule has 0 bridgehead atoms. The zero-order valence-corrected chi connectivity index (χ0v) is 10.3. The molecule has 0 spiro atoms. The van der Waals surface area contributed by atoms with Crippen LogP contribution in [0, 0.1) is 11.8 Å². The molecule has 0 aromatic heterocycles. The second kappa shape index (κ2) is 4.58. The Hall–Kier alpha value is 0.137. The van der Waals surface area contributed by atoms with Gasteiger partial charge in [-0.05, 0) is 23.9 Å². The Labute approximate surface area is 82.9 Å². The van der Waals surface area contributed by atoms with E-state index in [2.05, 4.69) is 13.8 Å². The lowest BCUT2D eigenvalue weighted by molar-refractivity contribution is 0.247. The summed E-state index contributed by atoms with van der Waals surface area (Å²) in [6, 6.07) is 2.41. The van der Waals surface area contributed by atoms with E-state index in [1.807, 2.05) is 14.2 Å². The first kappa shape index (κ1) is 11.2. The minimum absolute atomic E-state index is 0.844. The van der Waals surface area contributed by atoms with Crippen molar-refractivity contribution < 1.29 is 8.85 Å². The molecule has 0 N–H and O–H groups in total. The molecule has 0 aliphatic carbocycles. The fourth-order valence-electron chi connectivity index (χ4n) is 2.59. The third-order valence-corrected chi connectivity index (χ3v) is 7.39. The van der Waals surface area contributed by atoms with E-state index in [9.17, 15) is 0 Å². The fourth-order valence-corrected chi connectivity index (χ4v) is 6.43. The SMILES string of the molecule is CCC1C[Si](OC)(OC)CC1CC. The van der Waals surface area contributed by atoms with Crippen molar-refractivity contribution in [2.45, 2.75) is 38.8 Å². The molecular weight excluding hydrogens is 180 g/mol. The van der Waals surface area contributed by atoms with Gasteiger partial charge in [0.2, 0.25) is 0 Å². The highest BCUT2D eigenvalue weighted by atomic mass is 28.4. The van der Waals surface area contributed by atoms with E-state index in [1.54, 1.807) is 0 Å². The summed E-state index contributed by atoms with van der Waals surface area (Å²) in [7, 11) is 1.89. The van der Waals surface area contributed by atoms with E-state index < -0.39 is 8.56 Å². The average Bonchev–Trinajstić information content (AvgIpc) is 2.57. The second-order valence-electron chi connectivity index (χ2n) is 4.06. The minimum atomic E-state index is -1.75. The molecule has 0 aromatic rings. The van der Waals surface area contributed by atoms with Crippen LogP contribution in [0.3, 0.4) is 0 Å². The smallest absolute Gasteiger partial charge is 0.338 e. The summed E-state index contributed by atoms with van der Waals surface area (Å²) in [6.45, 7) is 4.56. The van der Waals surface area contributed by atoms with Crippen LogP contribution in [0.1, 0.15) is 26.7 Å². The maximum atomic E-state index is 5.63. The molecular formula is C10H22O2Si. The predicted octanol–water partition coefficient (Wildman–Crippen LogP) is 2.79. The zero-order valence-electron chi connectivity index (χ0n) is 9.30. The van der Waals surface area contributed by atoms with Crippen molar-refractivity contribution in [2.75, 3.05) is 14.2 Å². The lowest BCUT2D eigenvalue weighted by Crippen LogP contribution is -2.36. The quantitative estimate of drug-likeness (QED) is 0.653. The summed E-state index contributed by atoms with van der Waals surface area (Å²) in [5, 5.41) is 0. The van der Waals surface area contributed by atoms with Crippen LogP contribution in [0.2, 0.25) is 12.1 Å². The largest absolute Gasteiger partial charge is 0.398 e. The average molecular weight is 202 g/mol. The summed E-state index contributed by atoms with van der Waals surface area (Å²) >= 11 is 0. The molecule has 1 aliphatic rings. The van der Waals surface area contributed by atoms with Gasteiger partial charge in [0.15, 0.2) is 0 Å². The van der Waals surface area contributed by atoms with Crippen molar-refractivity contribution in [2.24, 2.45) is 11.8 Å². The van der Waals surface area contributed by atoms with Gasteiger partial charge in [-0.2, -0.15) is 0 Å². The van der Waals surface area contributed by atoms with Gasteiger partial charge in [0, 0.05) is 14.2 Å². The monoisotopic (exact) mass is 202 g/mol. The lowest BCUT2D eigenvalue weighted by Gasteiger charge is -2.21. The molecule has 13 heavy (non-hydrogen) atoms. The summed E-state index contributed by atoms with van der Waals surface area (Å²) < 4.78 is 11.3. The normalized spacial score (nSPS) is 32.3. The summed E-state index contributed by atoms with van der Waals surface area (Å²) in [5.74, 6) is 1.69. The van der Waals surface area contributed by atoms with Gasteiger partial charge in [-0.15, -0.1) is 0 Å². The van der Waals surface area contributed by atoms with Crippen LogP contribution in [0.5, 0.6) is 0 Å². The van der Waals surface area contributed by atoms with Gasteiger partial charge in [-0.1, -0.05) is 26.7 Å². The third kappa shape index (κ3) is 2.14. The number of hydrogen-bond acceptors (Lipinski definition) is 2. The Morgan fingerprint density at radius 1 is 1.00 bits per heavy atom. The van der Waals surface area contributed by atoms with E-state index in [4.69, 9.17) is 8.85 Å². The molecule has 1 saturated heterocycles. The Kier molecular flexibility index (Phi) is 3.95. The van der Waals surface area contributed by atoms with E-state index in [0.29, 0.717) is 0 Å². The summed E-state index contributed by atoms with van der Waals surface area (Å²) in [4.78, 5) is 0. The molecule has 0 saturated carbocycles. The van der Waals surface area contributed by atoms with Crippen LogP contribution in [-0.4, -0.2) is 22.8 Å². The highest BCUT2D eigenvalue weighted by Gasteiger charge is 2.48. The van der Waals surface area contributed by atoms with Crippen LogP contribution in [0.25, 0.3) is 0 Å². The molecule has 2 unspecified atom stereocenters. The van der Waals surface area contributed by atoms with Crippen LogP contribution in [-0.2, 0) is 8.85 Å². The highest BCUT2D eigenvalue weighted by Crippen LogP contribution is 2.43. The van der Waals surface area contributed by atoms with Gasteiger partial charge in [-0.3, -0.25) is 0 Å². The van der Waals surface area contributed by atoms with Crippen LogP contribution < -0.4 is 0 Å². The van der Waals surface area contributed by atoms with E-state index in [0.717, 1.165) is 11.8 Å². The van der Waals surface area contributed by atoms with E-state index >= 15 is 0 Å². The molecule has 3 heteroatoms. The molecule has 1 heterocycles. The maximum Gasteiger partial charge on any atom is 0.338 e. The number of rotatable bonds is 4. The van der Waals surface area contributed by atoms with Crippen molar-refractivity contribution in [3.05, 3.63) is 0 Å². The molecule has 2 nitrogen and oxygen atoms in total. The second-order valence-corrected chi connectivity index (χ2v) is 7.52. The van der Waals surface area contributed by atoms with Gasteiger partial charge in [0.25, 0.3) is 0 Å². The molecule has 0 aromatic carbocycles. The zero-order chi connectivity index (χ0) is 9.90. The first-order valence-electron chi connectivity index (χ1n) is 5.31. The summed E-state index contributed by atoms with van der Waals surface area (Å²) in [6.07, 6.45) is 2.56. The Balaban J connectivity index is 2.65. The van der Waals surface area contributed by atoms with Gasteiger partial charge >= 0.3 is 8.56 Å². The van der Waals surface area contributed by atoms with Gasteiger partial charge in [-0.25, -0.2) is 0 Å². The van der Waals surface area contributed by atoms with Crippen LogP contribution in [0.15, 0.2) is 0 Å².